The number of nitrogens with two attached hydrogens (primary N) is 1. The van der Waals surface area contributed by atoms with E-state index in [1.807, 2.05) is 0 Å². The van der Waals surface area contributed by atoms with Crippen molar-refractivity contribution in [1.82, 2.24) is 4.98 Å². The molecule has 0 bridgehead atoms. The van der Waals surface area contributed by atoms with Gasteiger partial charge in [0.15, 0.2) is 0 Å². The Morgan fingerprint density at radius 3 is 2.32 bits per heavy atom. The molecule has 0 saturated carbocycles. The summed E-state index contributed by atoms with van der Waals surface area (Å²) in [4.78, 5) is 3.88. The lowest BCUT2D eigenvalue weighted by Gasteiger charge is -2.08. The summed E-state index contributed by atoms with van der Waals surface area (Å²) in [6, 6.07) is 4.84. The molecule has 0 fully saturated rings. The quantitative estimate of drug-likeness (QED) is 0.928. The van der Waals surface area contributed by atoms with Crippen molar-refractivity contribution in [3.8, 4) is 17.6 Å². The normalized spacial score (nSPS) is 11.4. The fourth-order valence-electron chi connectivity index (χ4n) is 1.24. The van der Waals surface area contributed by atoms with E-state index in [9.17, 15) is 13.2 Å². The van der Waals surface area contributed by atoms with Gasteiger partial charge in [0.2, 0.25) is 0 Å². The van der Waals surface area contributed by atoms with Crippen LogP contribution in [0.5, 0.6) is 17.6 Å². The number of halogens is 3. The molecule has 8 heteroatoms. The van der Waals surface area contributed by atoms with Crippen LogP contribution < -0.4 is 15.2 Å². The fraction of sp³-hybridized carbons (Fsp3) is 0.182. The number of ether oxygens (including phenoxy) is 2. The van der Waals surface area contributed by atoms with Crippen LogP contribution in [0.3, 0.4) is 0 Å². The minimum absolute atomic E-state index is 0.0371. The monoisotopic (exact) mass is 274 g/mol. The van der Waals surface area contributed by atoms with Gasteiger partial charge in [-0.1, -0.05) is 0 Å². The number of hydrogen-bond donors (Lipinski definition) is 1. The van der Waals surface area contributed by atoms with Crippen LogP contribution in [-0.4, -0.2) is 11.3 Å². The molecule has 19 heavy (non-hydrogen) atoms. The minimum atomic E-state index is -4.72. The second kappa shape index (κ2) is 5.19. The van der Waals surface area contributed by atoms with Crippen LogP contribution in [0.2, 0.25) is 0 Å². The van der Waals surface area contributed by atoms with E-state index in [0.29, 0.717) is 5.69 Å². The molecule has 0 spiro atoms. The third-order valence-electron chi connectivity index (χ3n) is 2.00. The lowest BCUT2D eigenvalue weighted by atomic mass is 10.3. The summed E-state index contributed by atoms with van der Waals surface area (Å²) in [6.45, 7) is 0.200. The van der Waals surface area contributed by atoms with Gasteiger partial charge < -0.3 is 19.6 Å². The summed E-state index contributed by atoms with van der Waals surface area (Å²) in [5, 5.41) is 0. The van der Waals surface area contributed by atoms with Gasteiger partial charge in [-0.3, -0.25) is 0 Å². The van der Waals surface area contributed by atoms with Crippen molar-refractivity contribution < 1.29 is 27.1 Å². The van der Waals surface area contributed by atoms with Gasteiger partial charge in [0.25, 0.3) is 0 Å². The molecule has 2 N–H and O–H groups in total. The van der Waals surface area contributed by atoms with Crippen molar-refractivity contribution in [3.63, 3.8) is 0 Å². The van der Waals surface area contributed by atoms with Crippen LogP contribution in [0.4, 0.5) is 13.2 Å². The highest BCUT2D eigenvalue weighted by molar-refractivity contribution is 5.32. The molecule has 0 saturated heterocycles. The molecule has 0 radical (unpaired) electrons. The number of alkyl halides is 3. The summed E-state index contributed by atoms with van der Waals surface area (Å²) < 4.78 is 49.7. The van der Waals surface area contributed by atoms with E-state index in [2.05, 4.69) is 9.72 Å². The minimum Gasteiger partial charge on any atom is -0.417 e. The highest BCUT2D eigenvalue weighted by Crippen LogP contribution is 2.26. The Morgan fingerprint density at radius 2 is 1.79 bits per heavy atom. The Kier molecular flexibility index (Phi) is 3.61. The molecule has 0 atom stereocenters. The summed E-state index contributed by atoms with van der Waals surface area (Å²) in [6.07, 6.45) is -3.43. The molecule has 0 aliphatic rings. The Bertz CT molecular complexity index is 537. The topological polar surface area (TPSA) is 70.5 Å². The maximum absolute atomic E-state index is 11.9. The molecule has 1 aromatic carbocycles. The van der Waals surface area contributed by atoms with E-state index in [1.165, 1.54) is 18.4 Å². The molecular formula is C11H9F3N2O3. The first-order valence-electron chi connectivity index (χ1n) is 5.14. The van der Waals surface area contributed by atoms with E-state index in [1.54, 1.807) is 0 Å². The molecule has 0 amide bonds. The average Bonchev–Trinajstić information content (AvgIpc) is 2.77. The lowest BCUT2D eigenvalue weighted by molar-refractivity contribution is -0.274. The van der Waals surface area contributed by atoms with E-state index in [-0.39, 0.29) is 24.1 Å². The Balaban J connectivity index is 2.02. The van der Waals surface area contributed by atoms with Gasteiger partial charge in [-0.15, -0.1) is 13.2 Å². The average molecular weight is 274 g/mol. The molecule has 5 nitrogen and oxygen atoms in total. The van der Waals surface area contributed by atoms with E-state index in [4.69, 9.17) is 14.9 Å². The highest BCUT2D eigenvalue weighted by Gasteiger charge is 2.30. The number of hydrogen-bond acceptors (Lipinski definition) is 5. The van der Waals surface area contributed by atoms with Gasteiger partial charge in [0.05, 0.1) is 5.69 Å². The first-order valence-corrected chi connectivity index (χ1v) is 5.14. The number of nitrogens with zero attached hydrogens (tertiary/aromatic N) is 1. The summed E-state index contributed by atoms with van der Waals surface area (Å²) in [5.41, 5.74) is 5.84. The predicted molar refractivity (Wildman–Crippen MR) is 57.6 cm³/mol. The van der Waals surface area contributed by atoms with Crippen LogP contribution in [0, 0.1) is 0 Å². The number of aromatic nitrogens is 1. The molecule has 2 rings (SSSR count). The molecule has 2 aromatic rings. The molecule has 1 heterocycles. The fourth-order valence-corrected chi connectivity index (χ4v) is 1.24. The molecule has 1 aromatic heterocycles. The number of benzene rings is 1. The molecule has 0 aliphatic heterocycles. The highest BCUT2D eigenvalue weighted by atomic mass is 19.4. The Labute approximate surface area is 105 Å². The van der Waals surface area contributed by atoms with Gasteiger partial charge in [0, 0.05) is 6.54 Å². The first-order chi connectivity index (χ1) is 8.96. The van der Waals surface area contributed by atoms with Crippen LogP contribution in [0.25, 0.3) is 0 Å². The van der Waals surface area contributed by atoms with Gasteiger partial charge in [-0.25, -0.2) is 0 Å². The Morgan fingerprint density at radius 1 is 1.16 bits per heavy atom. The maximum Gasteiger partial charge on any atom is 0.573 e. The van der Waals surface area contributed by atoms with Crippen LogP contribution in [-0.2, 0) is 6.54 Å². The molecule has 0 unspecified atom stereocenters. The number of oxazole rings is 1. The van der Waals surface area contributed by atoms with E-state index >= 15 is 0 Å². The summed E-state index contributed by atoms with van der Waals surface area (Å²) >= 11 is 0. The van der Waals surface area contributed by atoms with Gasteiger partial charge >= 0.3 is 12.4 Å². The predicted octanol–water partition coefficient (Wildman–Crippen LogP) is 2.82. The zero-order valence-electron chi connectivity index (χ0n) is 9.48. The third-order valence-corrected chi connectivity index (χ3v) is 2.00. The van der Waals surface area contributed by atoms with Crippen molar-refractivity contribution in [2.24, 2.45) is 5.73 Å². The molecule has 0 aliphatic carbocycles. The Hall–Kier alpha value is -2.22. The van der Waals surface area contributed by atoms with Crippen molar-refractivity contribution in [1.29, 1.82) is 0 Å². The van der Waals surface area contributed by atoms with Gasteiger partial charge in [-0.2, -0.15) is 4.98 Å². The van der Waals surface area contributed by atoms with Crippen molar-refractivity contribution in [2.75, 3.05) is 0 Å². The largest absolute Gasteiger partial charge is 0.573 e. The third kappa shape index (κ3) is 3.88. The standard InChI is InChI=1S/C11H9F3N2O3/c12-11(13,14)19-9-3-1-8(2-4-9)18-10-16-7(5-15)6-17-10/h1-4,6H,5,15H2. The van der Waals surface area contributed by atoms with Gasteiger partial charge in [0.1, 0.15) is 17.8 Å². The second-order valence-corrected chi connectivity index (χ2v) is 3.43. The SMILES string of the molecule is NCc1coc(Oc2ccc(OC(F)(F)F)cc2)n1. The lowest BCUT2D eigenvalue weighted by Crippen LogP contribution is -2.16. The zero-order chi connectivity index (χ0) is 13.9. The summed E-state index contributed by atoms with van der Waals surface area (Å²) in [5.74, 6) is -0.0742. The van der Waals surface area contributed by atoms with Crippen molar-refractivity contribution in [3.05, 3.63) is 36.2 Å². The molecule has 102 valence electrons. The van der Waals surface area contributed by atoms with Crippen molar-refractivity contribution in [2.45, 2.75) is 12.9 Å². The molecular weight excluding hydrogens is 265 g/mol. The van der Waals surface area contributed by atoms with Crippen molar-refractivity contribution >= 4 is 0 Å². The first kappa shape index (κ1) is 13.2. The maximum atomic E-state index is 11.9. The second-order valence-electron chi connectivity index (χ2n) is 3.43. The zero-order valence-corrected chi connectivity index (χ0v) is 9.48. The smallest absolute Gasteiger partial charge is 0.417 e. The van der Waals surface area contributed by atoms with E-state index in [0.717, 1.165) is 12.1 Å². The van der Waals surface area contributed by atoms with E-state index < -0.39 is 6.36 Å². The number of rotatable bonds is 4. The van der Waals surface area contributed by atoms with Crippen LogP contribution in [0.1, 0.15) is 5.69 Å². The summed E-state index contributed by atoms with van der Waals surface area (Å²) in [7, 11) is 0. The van der Waals surface area contributed by atoms with Crippen LogP contribution in [0.15, 0.2) is 34.9 Å². The van der Waals surface area contributed by atoms with Crippen LogP contribution >= 0.6 is 0 Å². The van der Waals surface area contributed by atoms with Gasteiger partial charge in [-0.05, 0) is 24.3 Å².